The molecule has 0 N–H and O–H groups in total. The number of fused-ring (bicyclic) bond motifs is 1. The molecule has 9 nitrogen and oxygen atoms in total. The number of thioether (sulfide) groups is 1. The van der Waals surface area contributed by atoms with Crippen molar-refractivity contribution in [3.8, 4) is 0 Å². The van der Waals surface area contributed by atoms with E-state index in [0.717, 1.165) is 17.7 Å². The van der Waals surface area contributed by atoms with Gasteiger partial charge >= 0.3 is 6.09 Å². The van der Waals surface area contributed by atoms with Crippen LogP contribution in [0.2, 0.25) is 0 Å². The van der Waals surface area contributed by atoms with E-state index in [2.05, 4.69) is 16.9 Å². The molecule has 1 aromatic carbocycles. The second-order valence-corrected chi connectivity index (χ2v) is 10.9. The standard InChI is InChI=1S/C27H39N5O4S/c1-8-21(12-13-31(6)26(34)36-27(2,3)4)35-18-19-10-9-11-20(16-19)32-15-14-30(5)23-22(24(32)33)17-28-25(29-23)37-7/h9-11,16-17,21H,8,12-15,18H2,1-7H3/t21-/m1/s1. The maximum Gasteiger partial charge on any atom is 0.410 e. The van der Waals surface area contributed by atoms with E-state index in [9.17, 15) is 9.59 Å². The van der Waals surface area contributed by atoms with Crippen LogP contribution in [-0.4, -0.2) is 78.6 Å². The molecule has 1 aromatic heterocycles. The van der Waals surface area contributed by atoms with Gasteiger partial charge in [0.05, 0.1) is 12.7 Å². The third kappa shape index (κ3) is 7.82. The van der Waals surface area contributed by atoms with E-state index in [1.54, 1.807) is 23.0 Å². The van der Waals surface area contributed by atoms with Crippen molar-refractivity contribution >= 4 is 35.3 Å². The van der Waals surface area contributed by atoms with Crippen molar-refractivity contribution < 1.29 is 19.1 Å². The Hall–Kier alpha value is -2.85. The highest BCUT2D eigenvalue weighted by Gasteiger charge is 2.28. The minimum atomic E-state index is -0.520. The second kappa shape index (κ2) is 12.6. The number of carbonyl (C=O) groups excluding carboxylic acids is 2. The van der Waals surface area contributed by atoms with Crippen LogP contribution in [0.4, 0.5) is 16.3 Å². The molecule has 37 heavy (non-hydrogen) atoms. The molecular formula is C27H39N5O4S. The molecule has 202 valence electrons. The number of carbonyl (C=O) groups is 2. The summed E-state index contributed by atoms with van der Waals surface area (Å²) in [5.74, 6) is 0.551. The maximum atomic E-state index is 13.4. The van der Waals surface area contributed by atoms with Gasteiger partial charge in [-0.05, 0) is 57.6 Å². The summed E-state index contributed by atoms with van der Waals surface area (Å²) in [4.78, 5) is 39.9. The Bertz CT molecular complexity index is 1090. The van der Waals surface area contributed by atoms with Crippen molar-refractivity contribution in [3.63, 3.8) is 0 Å². The monoisotopic (exact) mass is 529 g/mol. The lowest BCUT2D eigenvalue weighted by Crippen LogP contribution is -2.35. The Labute approximate surface area is 224 Å². The number of likely N-dealkylation sites (N-methyl/N-ethyl adjacent to an activating group) is 1. The minimum absolute atomic E-state index is 0.00309. The zero-order valence-corrected chi connectivity index (χ0v) is 23.8. The number of ether oxygens (including phenoxy) is 2. The Balaban J connectivity index is 1.64. The van der Waals surface area contributed by atoms with E-state index in [-0.39, 0.29) is 18.1 Å². The molecule has 1 atom stereocenters. The van der Waals surface area contributed by atoms with Gasteiger partial charge in [0.1, 0.15) is 17.0 Å². The molecule has 0 aliphatic carbocycles. The highest BCUT2D eigenvalue weighted by atomic mass is 32.2. The molecule has 10 heteroatoms. The molecular weight excluding hydrogens is 490 g/mol. The number of rotatable bonds is 9. The number of benzene rings is 1. The molecule has 0 unspecified atom stereocenters. The smallest absolute Gasteiger partial charge is 0.410 e. The SMILES string of the molecule is CC[C@H](CCN(C)C(=O)OC(C)(C)C)OCc1cccc(N2CCN(C)c3nc(SC)ncc3C2=O)c1. The molecule has 0 saturated carbocycles. The largest absolute Gasteiger partial charge is 0.444 e. The van der Waals surface area contributed by atoms with Gasteiger partial charge in [-0.15, -0.1) is 0 Å². The fourth-order valence-corrected chi connectivity index (χ4v) is 4.28. The second-order valence-electron chi connectivity index (χ2n) is 10.2. The van der Waals surface area contributed by atoms with Gasteiger partial charge < -0.3 is 24.2 Å². The molecule has 3 rings (SSSR count). The van der Waals surface area contributed by atoms with Gasteiger partial charge in [0.2, 0.25) is 0 Å². The molecule has 2 aromatic rings. The van der Waals surface area contributed by atoms with Crippen LogP contribution in [0.1, 0.15) is 56.5 Å². The van der Waals surface area contributed by atoms with Crippen molar-refractivity contribution in [2.45, 2.75) is 64.0 Å². The summed E-state index contributed by atoms with van der Waals surface area (Å²) >= 11 is 1.46. The number of hydrogen-bond donors (Lipinski definition) is 0. The predicted molar refractivity (Wildman–Crippen MR) is 148 cm³/mol. The number of anilines is 2. The minimum Gasteiger partial charge on any atom is -0.444 e. The van der Waals surface area contributed by atoms with Crippen LogP contribution in [0, 0.1) is 0 Å². The van der Waals surface area contributed by atoms with E-state index in [1.807, 2.05) is 63.2 Å². The molecule has 0 radical (unpaired) electrons. The van der Waals surface area contributed by atoms with Gasteiger partial charge in [0.15, 0.2) is 5.16 Å². The Morgan fingerprint density at radius 3 is 2.70 bits per heavy atom. The Morgan fingerprint density at radius 2 is 2.03 bits per heavy atom. The highest BCUT2D eigenvalue weighted by molar-refractivity contribution is 7.98. The normalized spacial score (nSPS) is 14.7. The molecule has 2 heterocycles. The summed E-state index contributed by atoms with van der Waals surface area (Å²) in [5.41, 5.74) is 1.78. The lowest BCUT2D eigenvalue weighted by atomic mass is 10.1. The average molecular weight is 530 g/mol. The first-order valence-corrected chi connectivity index (χ1v) is 13.8. The first-order chi connectivity index (χ1) is 17.5. The van der Waals surface area contributed by atoms with E-state index in [0.29, 0.717) is 49.2 Å². The van der Waals surface area contributed by atoms with Crippen LogP contribution in [0.3, 0.4) is 0 Å². The van der Waals surface area contributed by atoms with Crippen molar-refractivity contribution in [2.24, 2.45) is 0 Å². The number of amides is 2. The van der Waals surface area contributed by atoms with Crippen LogP contribution >= 0.6 is 11.8 Å². The summed E-state index contributed by atoms with van der Waals surface area (Å²) < 4.78 is 11.6. The third-order valence-electron chi connectivity index (χ3n) is 6.08. The highest BCUT2D eigenvalue weighted by Crippen LogP contribution is 2.27. The molecule has 0 fully saturated rings. The first kappa shape index (κ1) is 28.7. The van der Waals surface area contributed by atoms with Crippen molar-refractivity contribution in [1.29, 1.82) is 0 Å². The van der Waals surface area contributed by atoms with Gasteiger partial charge in [-0.3, -0.25) is 4.79 Å². The third-order valence-corrected chi connectivity index (χ3v) is 6.64. The molecule has 0 saturated heterocycles. The summed E-state index contributed by atoms with van der Waals surface area (Å²) in [7, 11) is 3.69. The van der Waals surface area contributed by atoms with E-state index in [1.165, 1.54) is 11.8 Å². The maximum absolute atomic E-state index is 13.4. The van der Waals surface area contributed by atoms with E-state index in [4.69, 9.17) is 9.47 Å². The number of nitrogens with zero attached hydrogens (tertiary/aromatic N) is 5. The summed E-state index contributed by atoms with van der Waals surface area (Å²) in [6, 6.07) is 7.89. The molecule has 1 aliphatic heterocycles. The summed E-state index contributed by atoms with van der Waals surface area (Å²) in [6.07, 6.45) is 4.74. The fraction of sp³-hybridized carbons (Fsp3) is 0.556. The van der Waals surface area contributed by atoms with E-state index < -0.39 is 5.60 Å². The number of hydrogen-bond acceptors (Lipinski definition) is 8. The van der Waals surface area contributed by atoms with Gasteiger partial charge in [-0.2, -0.15) is 0 Å². The van der Waals surface area contributed by atoms with Crippen LogP contribution in [0.25, 0.3) is 0 Å². The van der Waals surface area contributed by atoms with Gasteiger partial charge in [-0.1, -0.05) is 30.8 Å². The molecule has 2 amide bonds. The van der Waals surface area contributed by atoms with Crippen LogP contribution in [0.5, 0.6) is 0 Å². The molecule has 0 spiro atoms. The Kier molecular flexibility index (Phi) is 9.78. The van der Waals surface area contributed by atoms with Gasteiger partial charge in [-0.25, -0.2) is 14.8 Å². The van der Waals surface area contributed by atoms with Crippen molar-refractivity contribution in [2.75, 3.05) is 49.8 Å². The van der Waals surface area contributed by atoms with Crippen LogP contribution in [0.15, 0.2) is 35.6 Å². The number of aromatic nitrogens is 2. The van der Waals surface area contributed by atoms with Gasteiger partial charge in [0, 0.05) is 45.6 Å². The Morgan fingerprint density at radius 1 is 1.27 bits per heavy atom. The van der Waals surface area contributed by atoms with Crippen LogP contribution < -0.4 is 9.80 Å². The topological polar surface area (TPSA) is 88.1 Å². The average Bonchev–Trinajstić information content (AvgIpc) is 2.98. The van der Waals surface area contributed by atoms with Crippen LogP contribution in [-0.2, 0) is 16.1 Å². The van der Waals surface area contributed by atoms with Crippen molar-refractivity contribution in [1.82, 2.24) is 14.9 Å². The fourth-order valence-electron chi connectivity index (χ4n) is 3.95. The van der Waals surface area contributed by atoms with E-state index >= 15 is 0 Å². The lowest BCUT2D eigenvalue weighted by Gasteiger charge is -2.26. The van der Waals surface area contributed by atoms with Gasteiger partial charge in [0.25, 0.3) is 5.91 Å². The first-order valence-electron chi connectivity index (χ1n) is 12.6. The zero-order chi connectivity index (χ0) is 27.2. The quantitative estimate of drug-likeness (QED) is 0.337. The molecule has 0 bridgehead atoms. The summed E-state index contributed by atoms with van der Waals surface area (Å²) in [6.45, 7) is 9.81. The summed E-state index contributed by atoms with van der Waals surface area (Å²) in [5, 5.41) is 0.647. The zero-order valence-electron chi connectivity index (χ0n) is 23.0. The lowest BCUT2D eigenvalue weighted by molar-refractivity contribution is 0.0134. The molecule has 1 aliphatic rings. The predicted octanol–water partition coefficient (Wildman–Crippen LogP) is 4.85. The van der Waals surface area contributed by atoms with Crippen molar-refractivity contribution in [3.05, 3.63) is 41.6 Å².